The van der Waals surface area contributed by atoms with Crippen LogP contribution >= 0.6 is 22.9 Å². The smallest absolute Gasteiger partial charge is 0.230 e. The fourth-order valence-electron chi connectivity index (χ4n) is 3.04. The summed E-state index contributed by atoms with van der Waals surface area (Å²) < 4.78 is 1.19. The van der Waals surface area contributed by atoms with Gasteiger partial charge in [0.2, 0.25) is 5.91 Å². The molecule has 1 heterocycles. The number of amides is 1. The van der Waals surface area contributed by atoms with Crippen molar-refractivity contribution in [3.8, 4) is 0 Å². The number of carbonyl (C=O) groups excluding carboxylic acids is 1. The van der Waals surface area contributed by atoms with Crippen LogP contribution in [0.15, 0.2) is 48.5 Å². The molecule has 4 rings (SSSR count). The molecule has 0 atom stereocenters. The second-order valence-electron chi connectivity index (χ2n) is 6.17. The first-order chi connectivity index (χ1) is 11.7. The van der Waals surface area contributed by atoms with Crippen molar-refractivity contribution in [3.05, 3.63) is 64.1 Å². The Labute approximate surface area is 149 Å². The molecule has 1 fully saturated rings. The molecular weight excluding hydrogens is 340 g/mol. The zero-order valence-corrected chi connectivity index (χ0v) is 14.7. The summed E-state index contributed by atoms with van der Waals surface area (Å²) in [5, 5.41) is 4.82. The van der Waals surface area contributed by atoms with Crippen molar-refractivity contribution in [2.45, 2.75) is 24.7 Å². The lowest BCUT2D eigenvalue weighted by Crippen LogP contribution is -2.35. The first-order valence-corrected chi connectivity index (χ1v) is 9.26. The topological polar surface area (TPSA) is 42.0 Å². The maximum Gasteiger partial charge on any atom is 0.230 e. The van der Waals surface area contributed by atoms with Gasteiger partial charge in [-0.25, -0.2) is 4.98 Å². The Morgan fingerprint density at radius 2 is 2.04 bits per heavy atom. The van der Waals surface area contributed by atoms with Gasteiger partial charge in [0.1, 0.15) is 0 Å². The Bertz CT molecular complexity index is 868. The number of nitrogens with one attached hydrogen (secondary N) is 1. The summed E-state index contributed by atoms with van der Waals surface area (Å²) in [6, 6.07) is 15.8. The van der Waals surface area contributed by atoms with Gasteiger partial charge in [0.05, 0.1) is 20.6 Å². The van der Waals surface area contributed by atoms with Crippen LogP contribution in [0, 0.1) is 0 Å². The van der Waals surface area contributed by atoms with E-state index in [-0.39, 0.29) is 11.3 Å². The van der Waals surface area contributed by atoms with Crippen LogP contribution in [-0.2, 0) is 16.6 Å². The highest BCUT2D eigenvalue weighted by atomic mass is 35.5. The number of carbonyl (C=O) groups is 1. The van der Waals surface area contributed by atoms with Gasteiger partial charge in [-0.3, -0.25) is 4.79 Å². The van der Waals surface area contributed by atoms with Crippen molar-refractivity contribution in [2.75, 3.05) is 6.54 Å². The number of fused-ring (bicyclic) bond motifs is 1. The van der Waals surface area contributed by atoms with Gasteiger partial charge >= 0.3 is 0 Å². The lowest BCUT2D eigenvalue weighted by Gasteiger charge is -2.15. The van der Waals surface area contributed by atoms with Crippen LogP contribution in [-0.4, -0.2) is 17.4 Å². The maximum atomic E-state index is 12.6. The third-order valence-corrected chi connectivity index (χ3v) is 5.86. The number of benzene rings is 2. The van der Waals surface area contributed by atoms with Crippen molar-refractivity contribution in [3.63, 3.8) is 0 Å². The van der Waals surface area contributed by atoms with Crippen LogP contribution in [0.5, 0.6) is 0 Å². The SMILES string of the molecule is O=C(NCCc1nc2ccccc2s1)C1(c2cccc(Cl)c2)CC1. The van der Waals surface area contributed by atoms with Crippen LogP contribution in [0.4, 0.5) is 0 Å². The molecule has 1 aliphatic carbocycles. The highest BCUT2D eigenvalue weighted by Crippen LogP contribution is 2.48. The predicted molar refractivity (Wildman–Crippen MR) is 98.7 cm³/mol. The summed E-state index contributed by atoms with van der Waals surface area (Å²) in [7, 11) is 0. The highest BCUT2D eigenvalue weighted by Gasteiger charge is 2.51. The van der Waals surface area contributed by atoms with Crippen molar-refractivity contribution < 1.29 is 4.79 Å². The van der Waals surface area contributed by atoms with E-state index in [0.29, 0.717) is 11.6 Å². The molecule has 3 nitrogen and oxygen atoms in total. The third kappa shape index (κ3) is 2.92. The average molecular weight is 357 g/mol. The number of thiazole rings is 1. The molecule has 0 aliphatic heterocycles. The van der Waals surface area contributed by atoms with Gasteiger partial charge in [0.15, 0.2) is 0 Å². The Hall–Kier alpha value is -1.91. The largest absolute Gasteiger partial charge is 0.355 e. The predicted octanol–water partition coefficient (Wildman–Crippen LogP) is 4.34. The Morgan fingerprint density at radius 3 is 2.79 bits per heavy atom. The molecule has 1 N–H and O–H groups in total. The van der Waals surface area contributed by atoms with Crippen LogP contribution < -0.4 is 5.32 Å². The molecule has 1 aliphatic rings. The van der Waals surface area contributed by atoms with E-state index < -0.39 is 0 Å². The summed E-state index contributed by atoms with van der Waals surface area (Å²) in [5.41, 5.74) is 1.67. The standard InChI is InChI=1S/C19H17ClN2OS/c20-14-5-3-4-13(12-14)19(9-10-19)18(23)21-11-8-17-22-15-6-1-2-7-16(15)24-17/h1-7,12H,8-11H2,(H,21,23). The van der Waals surface area contributed by atoms with Gasteiger partial charge in [-0.1, -0.05) is 35.9 Å². The van der Waals surface area contributed by atoms with Crippen LogP contribution in [0.1, 0.15) is 23.4 Å². The molecule has 1 amide bonds. The molecule has 0 saturated heterocycles. The summed E-state index contributed by atoms with van der Waals surface area (Å²) in [6.07, 6.45) is 2.54. The van der Waals surface area contributed by atoms with Crippen molar-refractivity contribution >= 4 is 39.1 Å². The van der Waals surface area contributed by atoms with E-state index in [4.69, 9.17) is 11.6 Å². The fourth-order valence-corrected chi connectivity index (χ4v) is 4.19. The number of halogens is 1. The van der Waals surface area contributed by atoms with E-state index in [0.717, 1.165) is 35.4 Å². The molecular formula is C19H17ClN2OS. The number of aromatic nitrogens is 1. The second kappa shape index (κ2) is 6.19. The molecule has 2 aromatic carbocycles. The Balaban J connectivity index is 1.40. The monoisotopic (exact) mass is 356 g/mol. The Kier molecular flexibility index (Phi) is 4.02. The summed E-state index contributed by atoms with van der Waals surface area (Å²) in [5.74, 6) is 0.103. The molecule has 1 aromatic heterocycles. The minimum Gasteiger partial charge on any atom is -0.355 e. The van der Waals surface area contributed by atoms with Crippen LogP contribution in [0.2, 0.25) is 5.02 Å². The lowest BCUT2D eigenvalue weighted by atomic mass is 9.95. The minimum absolute atomic E-state index is 0.103. The van der Waals surface area contributed by atoms with Gasteiger partial charge in [0, 0.05) is 18.0 Å². The lowest BCUT2D eigenvalue weighted by molar-refractivity contribution is -0.123. The first-order valence-electron chi connectivity index (χ1n) is 8.06. The van der Waals surface area contributed by atoms with Gasteiger partial charge in [0.25, 0.3) is 0 Å². The molecule has 24 heavy (non-hydrogen) atoms. The van der Waals surface area contributed by atoms with Gasteiger partial charge in [-0.2, -0.15) is 0 Å². The summed E-state index contributed by atoms with van der Waals surface area (Å²) in [6.45, 7) is 0.612. The van der Waals surface area contributed by atoms with Gasteiger partial charge < -0.3 is 5.32 Å². The van der Waals surface area contributed by atoms with E-state index in [1.807, 2.05) is 42.5 Å². The number of hydrogen-bond donors (Lipinski definition) is 1. The molecule has 3 aromatic rings. The molecule has 122 valence electrons. The minimum atomic E-state index is -0.376. The second-order valence-corrected chi connectivity index (χ2v) is 7.73. The average Bonchev–Trinajstić information content (AvgIpc) is 3.29. The highest BCUT2D eigenvalue weighted by molar-refractivity contribution is 7.18. The molecule has 1 saturated carbocycles. The van der Waals surface area contributed by atoms with Crippen molar-refractivity contribution in [1.29, 1.82) is 0 Å². The molecule has 5 heteroatoms. The number of hydrogen-bond acceptors (Lipinski definition) is 3. The molecule has 0 spiro atoms. The van der Waals surface area contributed by atoms with Gasteiger partial charge in [-0.05, 0) is 42.7 Å². The first kappa shape index (κ1) is 15.6. The van der Waals surface area contributed by atoms with Crippen molar-refractivity contribution in [1.82, 2.24) is 10.3 Å². The quantitative estimate of drug-likeness (QED) is 0.738. The van der Waals surface area contributed by atoms with Crippen molar-refractivity contribution in [2.24, 2.45) is 0 Å². The van der Waals surface area contributed by atoms with Crippen LogP contribution in [0.25, 0.3) is 10.2 Å². The Morgan fingerprint density at radius 1 is 1.21 bits per heavy atom. The van der Waals surface area contributed by atoms with E-state index in [1.165, 1.54) is 4.70 Å². The van der Waals surface area contributed by atoms with Crippen LogP contribution in [0.3, 0.4) is 0 Å². The maximum absolute atomic E-state index is 12.6. The number of nitrogens with zero attached hydrogens (tertiary/aromatic N) is 1. The molecule has 0 radical (unpaired) electrons. The van der Waals surface area contributed by atoms with E-state index in [2.05, 4.69) is 16.4 Å². The fraction of sp³-hybridized carbons (Fsp3) is 0.263. The van der Waals surface area contributed by atoms with E-state index in [1.54, 1.807) is 11.3 Å². The number of para-hydroxylation sites is 1. The third-order valence-electron chi connectivity index (χ3n) is 4.52. The molecule has 0 unspecified atom stereocenters. The van der Waals surface area contributed by atoms with E-state index >= 15 is 0 Å². The molecule has 0 bridgehead atoms. The zero-order valence-electron chi connectivity index (χ0n) is 13.1. The number of rotatable bonds is 5. The zero-order chi connectivity index (χ0) is 16.6. The summed E-state index contributed by atoms with van der Waals surface area (Å²) >= 11 is 7.76. The van der Waals surface area contributed by atoms with Gasteiger partial charge in [-0.15, -0.1) is 11.3 Å². The summed E-state index contributed by atoms with van der Waals surface area (Å²) in [4.78, 5) is 17.2. The van der Waals surface area contributed by atoms with E-state index in [9.17, 15) is 4.79 Å². The normalized spacial score (nSPS) is 15.4.